The second kappa shape index (κ2) is 7.89. The maximum absolute atomic E-state index is 13.0. The first-order valence-corrected chi connectivity index (χ1v) is 8.77. The zero-order chi connectivity index (χ0) is 18.7. The van der Waals surface area contributed by atoms with Gasteiger partial charge in [0.1, 0.15) is 18.0 Å². The number of hydrogen-bond acceptors (Lipinski definition) is 4. The molecule has 0 aliphatic carbocycles. The topological polar surface area (TPSA) is 59.0 Å². The molecule has 5 nitrogen and oxygen atoms in total. The summed E-state index contributed by atoms with van der Waals surface area (Å²) in [5, 5.41) is 9.28. The molecule has 2 atom stereocenters. The summed E-state index contributed by atoms with van der Waals surface area (Å²) in [4.78, 5) is 14.7. The minimum Gasteiger partial charge on any atom is -0.486 e. The molecule has 0 bridgehead atoms. The molecule has 2 aromatic rings. The Morgan fingerprint density at radius 2 is 1.92 bits per heavy atom. The van der Waals surface area contributed by atoms with Gasteiger partial charge in [0.2, 0.25) is 0 Å². The molecule has 1 heterocycles. The third-order valence-electron chi connectivity index (χ3n) is 4.80. The highest BCUT2D eigenvalue weighted by Crippen LogP contribution is 2.24. The summed E-state index contributed by atoms with van der Waals surface area (Å²) in [5.74, 6) is 0.674. The first-order chi connectivity index (χ1) is 12.5. The van der Waals surface area contributed by atoms with Crippen LogP contribution in [-0.4, -0.2) is 48.3 Å². The van der Waals surface area contributed by atoms with Crippen LogP contribution in [0.4, 0.5) is 0 Å². The van der Waals surface area contributed by atoms with Crippen molar-refractivity contribution in [3.05, 3.63) is 64.7 Å². The van der Waals surface area contributed by atoms with E-state index in [1.807, 2.05) is 56.3 Å². The summed E-state index contributed by atoms with van der Waals surface area (Å²) in [7, 11) is 1.64. The number of carbonyl (C=O) groups excluding carboxylic acids is 1. The van der Waals surface area contributed by atoms with E-state index < -0.39 is 0 Å². The minimum atomic E-state index is -0.247. The molecule has 0 saturated carbocycles. The Morgan fingerprint density at radius 3 is 2.65 bits per heavy atom. The van der Waals surface area contributed by atoms with Crippen LogP contribution in [0.3, 0.4) is 0 Å². The number of carbonyl (C=O) groups is 1. The lowest BCUT2D eigenvalue weighted by Crippen LogP contribution is -2.32. The van der Waals surface area contributed by atoms with Crippen LogP contribution >= 0.6 is 0 Å². The summed E-state index contributed by atoms with van der Waals surface area (Å²) in [5.41, 5.74) is 3.55. The van der Waals surface area contributed by atoms with Crippen molar-refractivity contribution in [2.45, 2.75) is 32.7 Å². The highest BCUT2D eigenvalue weighted by molar-refractivity contribution is 5.96. The van der Waals surface area contributed by atoms with E-state index in [2.05, 4.69) is 0 Å². The fourth-order valence-electron chi connectivity index (χ4n) is 3.28. The van der Waals surface area contributed by atoms with Crippen molar-refractivity contribution in [3.8, 4) is 5.75 Å². The Balaban J connectivity index is 1.76. The highest BCUT2D eigenvalue weighted by Gasteiger charge is 2.37. The summed E-state index contributed by atoms with van der Waals surface area (Å²) in [6.07, 6.45) is -0.440. The number of ether oxygens (including phenoxy) is 2. The van der Waals surface area contributed by atoms with Crippen LogP contribution < -0.4 is 4.74 Å². The van der Waals surface area contributed by atoms with Gasteiger partial charge in [-0.25, -0.2) is 0 Å². The molecule has 1 fully saturated rings. The van der Waals surface area contributed by atoms with E-state index in [0.29, 0.717) is 18.8 Å². The van der Waals surface area contributed by atoms with E-state index in [1.165, 1.54) is 0 Å². The molecule has 1 N–H and O–H groups in total. The van der Waals surface area contributed by atoms with Gasteiger partial charge in [0, 0.05) is 12.7 Å². The fraction of sp³-hybridized carbons (Fsp3) is 0.381. The number of aliphatic hydroxyl groups excluding tert-OH is 1. The monoisotopic (exact) mass is 355 g/mol. The quantitative estimate of drug-likeness (QED) is 0.896. The molecule has 138 valence electrons. The minimum absolute atomic E-state index is 0.00320. The van der Waals surface area contributed by atoms with Gasteiger partial charge in [-0.2, -0.15) is 0 Å². The number of methoxy groups -OCH3 is 1. The standard InChI is InChI=1S/C21H25NO4/c1-14-7-8-15(2)18(9-14)21(24)22-11-19(25-3)20(12-22)26-17-6-4-5-16(10-17)13-23/h4-10,19-20,23H,11-13H2,1-3H3. The van der Waals surface area contributed by atoms with Gasteiger partial charge in [-0.1, -0.05) is 29.8 Å². The molecule has 1 saturated heterocycles. The van der Waals surface area contributed by atoms with Crippen LogP contribution in [0.25, 0.3) is 0 Å². The van der Waals surface area contributed by atoms with Crippen molar-refractivity contribution in [2.75, 3.05) is 20.2 Å². The van der Waals surface area contributed by atoms with Crippen molar-refractivity contribution in [1.29, 1.82) is 0 Å². The molecule has 5 heteroatoms. The fourth-order valence-corrected chi connectivity index (χ4v) is 3.28. The second-order valence-electron chi connectivity index (χ2n) is 6.76. The summed E-state index contributed by atoms with van der Waals surface area (Å²) < 4.78 is 11.6. The number of amides is 1. The van der Waals surface area contributed by atoms with E-state index in [-0.39, 0.29) is 24.7 Å². The second-order valence-corrected chi connectivity index (χ2v) is 6.76. The Kier molecular flexibility index (Phi) is 5.59. The molecule has 3 rings (SSSR count). The van der Waals surface area contributed by atoms with Crippen LogP contribution in [0.1, 0.15) is 27.0 Å². The number of aliphatic hydroxyl groups is 1. The van der Waals surface area contributed by atoms with Crippen LogP contribution in [0.5, 0.6) is 5.75 Å². The zero-order valence-corrected chi connectivity index (χ0v) is 15.4. The first-order valence-electron chi connectivity index (χ1n) is 8.77. The van der Waals surface area contributed by atoms with E-state index in [9.17, 15) is 9.90 Å². The predicted molar refractivity (Wildman–Crippen MR) is 99.4 cm³/mol. The van der Waals surface area contributed by atoms with Crippen molar-refractivity contribution < 1.29 is 19.4 Å². The average molecular weight is 355 g/mol. The Morgan fingerprint density at radius 1 is 1.15 bits per heavy atom. The molecular formula is C21H25NO4. The van der Waals surface area contributed by atoms with Crippen LogP contribution in [0.2, 0.25) is 0 Å². The maximum atomic E-state index is 13.0. The first kappa shape index (κ1) is 18.4. The Labute approximate surface area is 154 Å². The summed E-state index contributed by atoms with van der Waals surface area (Å²) in [6.45, 7) is 4.86. The van der Waals surface area contributed by atoms with E-state index >= 15 is 0 Å². The van der Waals surface area contributed by atoms with Crippen LogP contribution in [-0.2, 0) is 11.3 Å². The lowest BCUT2D eigenvalue weighted by molar-refractivity contribution is 0.0339. The lowest BCUT2D eigenvalue weighted by atomic mass is 10.0. The molecule has 1 aliphatic heterocycles. The average Bonchev–Trinajstić information content (AvgIpc) is 3.06. The molecule has 0 spiro atoms. The number of rotatable bonds is 5. The van der Waals surface area contributed by atoms with Gasteiger partial charge in [-0.15, -0.1) is 0 Å². The number of aryl methyl sites for hydroxylation is 2. The third-order valence-corrected chi connectivity index (χ3v) is 4.80. The van der Waals surface area contributed by atoms with Gasteiger partial charge in [0.15, 0.2) is 0 Å². The number of hydrogen-bond donors (Lipinski definition) is 1. The maximum Gasteiger partial charge on any atom is 0.254 e. The molecule has 2 aromatic carbocycles. The van der Waals surface area contributed by atoms with Crippen molar-refractivity contribution >= 4 is 5.91 Å². The molecule has 26 heavy (non-hydrogen) atoms. The van der Waals surface area contributed by atoms with E-state index in [4.69, 9.17) is 9.47 Å². The van der Waals surface area contributed by atoms with E-state index in [1.54, 1.807) is 12.0 Å². The smallest absolute Gasteiger partial charge is 0.254 e. The SMILES string of the molecule is COC1CN(C(=O)c2cc(C)ccc2C)CC1Oc1cccc(CO)c1. The number of likely N-dealkylation sites (tertiary alicyclic amines) is 1. The van der Waals surface area contributed by atoms with E-state index in [0.717, 1.165) is 22.3 Å². The number of benzene rings is 2. The number of nitrogens with zero attached hydrogens (tertiary/aromatic N) is 1. The van der Waals surface area contributed by atoms with Gasteiger partial charge in [0.05, 0.1) is 19.7 Å². The third kappa shape index (κ3) is 3.89. The largest absolute Gasteiger partial charge is 0.486 e. The molecule has 2 unspecified atom stereocenters. The molecule has 0 radical (unpaired) electrons. The van der Waals surface area contributed by atoms with Gasteiger partial charge in [0.25, 0.3) is 5.91 Å². The molecular weight excluding hydrogens is 330 g/mol. The molecule has 0 aromatic heterocycles. The summed E-state index contributed by atoms with van der Waals surface area (Å²) in [6, 6.07) is 13.2. The van der Waals surface area contributed by atoms with Gasteiger partial charge >= 0.3 is 0 Å². The predicted octanol–water partition coefficient (Wildman–Crippen LogP) is 2.71. The van der Waals surface area contributed by atoms with Gasteiger partial charge < -0.3 is 19.5 Å². The Hall–Kier alpha value is -2.37. The highest BCUT2D eigenvalue weighted by atomic mass is 16.5. The summed E-state index contributed by atoms with van der Waals surface area (Å²) >= 11 is 0. The molecule has 1 amide bonds. The zero-order valence-electron chi connectivity index (χ0n) is 15.4. The van der Waals surface area contributed by atoms with Crippen LogP contribution in [0.15, 0.2) is 42.5 Å². The lowest BCUT2D eigenvalue weighted by Gasteiger charge is -2.19. The van der Waals surface area contributed by atoms with Gasteiger partial charge in [-0.05, 0) is 43.2 Å². The molecule has 1 aliphatic rings. The van der Waals surface area contributed by atoms with Crippen LogP contribution in [0, 0.1) is 13.8 Å². The van der Waals surface area contributed by atoms with Gasteiger partial charge in [-0.3, -0.25) is 4.79 Å². The Bertz CT molecular complexity index is 789. The normalized spacial score (nSPS) is 19.6. The van der Waals surface area contributed by atoms with Crippen molar-refractivity contribution in [2.24, 2.45) is 0 Å². The van der Waals surface area contributed by atoms with Crippen molar-refractivity contribution in [1.82, 2.24) is 4.90 Å². The van der Waals surface area contributed by atoms with Crippen molar-refractivity contribution in [3.63, 3.8) is 0 Å².